The van der Waals surface area contributed by atoms with Crippen molar-refractivity contribution in [2.75, 3.05) is 18.9 Å². The van der Waals surface area contributed by atoms with Gasteiger partial charge in [0, 0.05) is 23.9 Å². The lowest BCUT2D eigenvalue weighted by Crippen LogP contribution is -2.87. The molecule has 0 fully saturated rings. The van der Waals surface area contributed by atoms with Crippen molar-refractivity contribution in [3.05, 3.63) is 87.6 Å². The number of amides is 2. The molecule has 3 aromatic rings. The van der Waals surface area contributed by atoms with E-state index < -0.39 is 0 Å². The summed E-state index contributed by atoms with van der Waals surface area (Å²) in [6, 6.07) is 19.8. The second-order valence-corrected chi connectivity index (χ2v) is 8.11. The van der Waals surface area contributed by atoms with E-state index in [-0.39, 0.29) is 24.4 Å². The molecule has 0 saturated carbocycles. The van der Waals surface area contributed by atoms with E-state index in [2.05, 4.69) is 58.6 Å². The van der Waals surface area contributed by atoms with Gasteiger partial charge in [0.25, 0.3) is 11.8 Å². The van der Waals surface area contributed by atoms with Crippen LogP contribution in [0.1, 0.15) is 45.7 Å². The Hall–Kier alpha value is -2.96. The van der Waals surface area contributed by atoms with Gasteiger partial charge >= 0.3 is 0 Å². The quantitative estimate of drug-likeness (QED) is 0.495. The molecular weight excluding hydrogens is 394 g/mol. The van der Waals surface area contributed by atoms with Crippen molar-refractivity contribution in [1.29, 1.82) is 0 Å². The van der Waals surface area contributed by atoms with Gasteiger partial charge in [0.15, 0.2) is 6.54 Å². The van der Waals surface area contributed by atoms with Crippen molar-refractivity contribution < 1.29 is 14.9 Å². The molecule has 0 aliphatic carbocycles. The molecule has 0 spiro atoms. The summed E-state index contributed by atoms with van der Waals surface area (Å²) in [6.07, 6.45) is 2.20. The minimum absolute atomic E-state index is 0.0728. The third-order valence-electron chi connectivity index (χ3n) is 4.90. The minimum Gasteiger partial charge on any atom is -0.355 e. The van der Waals surface area contributed by atoms with Gasteiger partial charge in [-0.1, -0.05) is 49.7 Å². The van der Waals surface area contributed by atoms with Crippen molar-refractivity contribution in [1.82, 2.24) is 5.32 Å². The maximum Gasteiger partial charge on any atom is 0.279 e. The summed E-state index contributed by atoms with van der Waals surface area (Å²) in [4.78, 5) is 25.6. The normalized spacial score (nSPS) is 11.7. The molecule has 6 heteroatoms. The summed E-state index contributed by atoms with van der Waals surface area (Å²) in [5.74, 6) is -0.282. The molecule has 0 saturated heterocycles. The molecule has 0 bridgehead atoms. The number of aryl methyl sites for hydroxylation is 1. The predicted octanol–water partition coefficient (Wildman–Crippen LogP) is 3.35. The highest BCUT2D eigenvalue weighted by molar-refractivity contribution is 7.10. The molecule has 0 radical (unpaired) electrons. The van der Waals surface area contributed by atoms with E-state index in [1.807, 2.05) is 6.07 Å². The summed E-state index contributed by atoms with van der Waals surface area (Å²) in [5, 5.41) is 9.60. The van der Waals surface area contributed by atoms with Crippen LogP contribution in [0.2, 0.25) is 0 Å². The summed E-state index contributed by atoms with van der Waals surface area (Å²) in [7, 11) is 1.59. The van der Waals surface area contributed by atoms with Crippen molar-refractivity contribution in [3.8, 4) is 0 Å². The zero-order chi connectivity index (χ0) is 21.3. The third-order valence-corrected chi connectivity index (χ3v) is 5.86. The molecule has 156 valence electrons. The van der Waals surface area contributed by atoms with Gasteiger partial charge in [-0.3, -0.25) is 9.59 Å². The van der Waals surface area contributed by atoms with Crippen LogP contribution in [0.3, 0.4) is 0 Å². The van der Waals surface area contributed by atoms with Gasteiger partial charge in [-0.05, 0) is 41.6 Å². The number of hydrogen-bond donors (Lipinski definition) is 3. The van der Waals surface area contributed by atoms with Crippen molar-refractivity contribution in [3.63, 3.8) is 0 Å². The van der Waals surface area contributed by atoms with Crippen LogP contribution in [0.5, 0.6) is 0 Å². The Labute approximate surface area is 181 Å². The van der Waals surface area contributed by atoms with Crippen LogP contribution in [-0.2, 0) is 11.2 Å². The largest absolute Gasteiger partial charge is 0.355 e. The molecule has 5 nitrogen and oxygen atoms in total. The number of nitrogens with two attached hydrogens (primary N) is 1. The predicted molar refractivity (Wildman–Crippen MR) is 122 cm³/mol. The topological polar surface area (TPSA) is 74.8 Å². The molecular formula is C24H28N3O2S+. The van der Waals surface area contributed by atoms with Crippen LogP contribution in [0, 0.1) is 0 Å². The number of thiophene rings is 1. The monoisotopic (exact) mass is 422 g/mol. The van der Waals surface area contributed by atoms with Gasteiger partial charge in [-0.25, -0.2) is 0 Å². The molecule has 30 heavy (non-hydrogen) atoms. The van der Waals surface area contributed by atoms with E-state index in [0.717, 1.165) is 12.8 Å². The molecule has 0 aliphatic heterocycles. The molecule has 1 heterocycles. The van der Waals surface area contributed by atoms with E-state index in [9.17, 15) is 9.59 Å². The maximum absolute atomic E-state index is 12.6. The Morgan fingerprint density at radius 2 is 1.87 bits per heavy atom. The summed E-state index contributed by atoms with van der Waals surface area (Å²) >= 11 is 1.70. The zero-order valence-corrected chi connectivity index (χ0v) is 18.2. The minimum atomic E-state index is -0.179. The second-order valence-electron chi connectivity index (χ2n) is 7.13. The lowest BCUT2D eigenvalue weighted by Gasteiger charge is -2.15. The number of carbonyl (C=O) groups excluding carboxylic acids is 2. The Kier molecular flexibility index (Phi) is 7.76. The van der Waals surface area contributed by atoms with Gasteiger partial charge in [0.05, 0.1) is 4.88 Å². The van der Waals surface area contributed by atoms with Crippen LogP contribution in [0.4, 0.5) is 5.69 Å². The van der Waals surface area contributed by atoms with Gasteiger partial charge in [-0.2, -0.15) is 0 Å². The van der Waals surface area contributed by atoms with E-state index in [0.29, 0.717) is 11.3 Å². The first-order chi connectivity index (χ1) is 14.6. The van der Waals surface area contributed by atoms with Crippen molar-refractivity contribution >= 4 is 28.8 Å². The van der Waals surface area contributed by atoms with Gasteiger partial charge in [-0.15, -0.1) is 11.3 Å². The Morgan fingerprint density at radius 3 is 2.53 bits per heavy atom. The highest BCUT2D eigenvalue weighted by Crippen LogP contribution is 2.23. The SMILES string of the molecule is CCCc1ccc([C@H]([NH2+]CC(=O)Nc2cccc(C(=O)NC)c2)c2cccs2)cc1. The fourth-order valence-electron chi connectivity index (χ4n) is 3.38. The zero-order valence-electron chi connectivity index (χ0n) is 17.4. The van der Waals surface area contributed by atoms with Crippen molar-refractivity contribution in [2.24, 2.45) is 0 Å². The molecule has 0 aliphatic rings. The van der Waals surface area contributed by atoms with E-state index in [1.54, 1.807) is 42.6 Å². The Balaban J connectivity index is 1.67. The van der Waals surface area contributed by atoms with E-state index in [4.69, 9.17) is 0 Å². The van der Waals surface area contributed by atoms with Crippen LogP contribution in [-0.4, -0.2) is 25.4 Å². The maximum atomic E-state index is 12.6. The number of hydrogen-bond acceptors (Lipinski definition) is 3. The molecule has 1 aromatic heterocycles. The molecule has 2 amide bonds. The number of quaternary nitrogens is 1. The highest BCUT2D eigenvalue weighted by Gasteiger charge is 2.20. The smallest absolute Gasteiger partial charge is 0.279 e. The van der Waals surface area contributed by atoms with Crippen LogP contribution >= 0.6 is 11.3 Å². The van der Waals surface area contributed by atoms with Gasteiger partial charge in [0.1, 0.15) is 6.04 Å². The Morgan fingerprint density at radius 1 is 1.07 bits per heavy atom. The lowest BCUT2D eigenvalue weighted by atomic mass is 10.0. The Bertz CT molecular complexity index is 968. The van der Waals surface area contributed by atoms with Crippen LogP contribution in [0.15, 0.2) is 66.0 Å². The number of carbonyl (C=O) groups is 2. The third kappa shape index (κ3) is 5.78. The number of rotatable bonds is 9. The van der Waals surface area contributed by atoms with Crippen LogP contribution in [0.25, 0.3) is 0 Å². The van der Waals surface area contributed by atoms with Gasteiger partial charge < -0.3 is 16.0 Å². The van der Waals surface area contributed by atoms with E-state index in [1.165, 1.54) is 16.0 Å². The number of nitrogens with one attached hydrogen (secondary N) is 2. The van der Waals surface area contributed by atoms with Gasteiger partial charge in [0.2, 0.25) is 0 Å². The van der Waals surface area contributed by atoms with Crippen LogP contribution < -0.4 is 16.0 Å². The lowest BCUT2D eigenvalue weighted by molar-refractivity contribution is -0.675. The molecule has 4 N–H and O–H groups in total. The fraction of sp³-hybridized carbons (Fsp3) is 0.250. The molecule has 3 rings (SSSR count). The standard InChI is InChI=1S/C24H27N3O2S/c1-3-6-17-10-12-18(13-11-17)23(21-9-5-14-30-21)26-16-22(28)27-20-8-4-7-19(15-20)24(29)25-2/h4-5,7-15,23,26H,3,6,16H2,1-2H3,(H,25,29)(H,27,28)/p+1/t23-/m0/s1. The molecule has 0 unspecified atom stereocenters. The highest BCUT2D eigenvalue weighted by atomic mass is 32.1. The summed E-state index contributed by atoms with van der Waals surface area (Å²) in [5.41, 5.74) is 3.65. The summed E-state index contributed by atoms with van der Waals surface area (Å²) < 4.78 is 0. The average molecular weight is 423 g/mol. The fourth-order valence-corrected chi connectivity index (χ4v) is 4.23. The van der Waals surface area contributed by atoms with E-state index >= 15 is 0 Å². The average Bonchev–Trinajstić information content (AvgIpc) is 3.29. The van der Waals surface area contributed by atoms with Crippen molar-refractivity contribution in [2.45, 2.75) is 25.8 Å². The molecule has 1 atom stereocenters. The first-order valence-electron chi connectivity index (χ1n) is 10.2. The number of benzene rings is 2. The first kappa shape index (κ1) is 21.7. The first-order valence-corrected chi connectivity index (χ1v) is 11.1. The molecule has 2 aromatic carbocycles. The second kappa shape index (κ2) is 10.7. The number of anilines is 1. The summed E-state index contributed by atoms with van der Waals surface area (Å²) in [6.45, 7) is 2.46.